The summed E-state index contributed by atoms with van der Waals surface area (Å²) in [6.07, 6.45) is 0.683. The molecule has 2 aromatic rings. The van der Waals surface area contributed by atoms with Crippen LogP contribution in [0, 0.1) is 11.6 Å². The number of rotatable bonds is 5. The van der Waals surface area contributed by atoms with Crippen LogP contribution < -0.4 is 10.5 Å². The molecule has 0 saturated heterocycles. The Hall–Kier alpha value is -1.94. The van der Waals surface area contributed by atoms with E-state index in [-0.39, 0.29) is 12.6 Å². The van der Waals surface area contributed by atoms with Crippen molar-refractivity contribution in [2.24, 2.45) is 5.73 Å². The highest BCUT2D eigenvalue weighted by molar-refractivity contribution is 5.34. The summed E-state index contributed by atoms with van der Waals surface area (Å²) in [5.74, 6) is -0.521. The van der Waals surface area contributed by atoms with Gasteiger partial charge in [0.15, 0.2) is 0 Å². The first-order valence-corrected chi connectivity index (χ1v) is 6.46. The maximum absolute atomic E-state index is 13.5. The Morgan fingerprint density at radius 2 is 1.85 bits per heavy atom. The van der Waals surface area contributed by atoms with E-state index in [2.05, 4.69) is 0 Å². The molecular formula is C16H17F2NO. The summed E-state index contributed by atoms with van der Waals surface area (Å²) in [5.41, 5.74) is 7.08. The molecule has 0 amide bonds. The Kier molecular flexibility index (Phi) is 4.69. The number of nitrogens with two attached hydrogens (primary N) is 1. The number of hydrogen-bond donors (Lipinski definition) is 1. The molecule has 4 heteroatoms. The van der Waals surface area contributed by atoms with E-state index >= 15 is 0 Å². The summed E-state index contributed by atoms with van der Waals surface area (Å²) in [6.45, 7) is 1.97. The number of ether oxygens (including phenoxy) is 1. The van der Waals surface area contributed by atoms with Gasteiger partial charge >= 0.3 is 0 Å². The van der Waals surface area contributed by atoms with Gasteiger partial charge < -0.3 is 10.5 Å². The Balaban J connectivity index is 2.10. The van der Waals surface area contributed by atoms with Gasteiger partial charge in [0, 0.05) is 17.7 Å². The average molecular weight is 277 g/mol. The molecule has 1 atom stereocenters. The van der Waals surface area contributed by atoms with Crippen molar-refractivity contribution in [1.82, 2.24) is 0 Å². The summed E-state index contributed by atoms with van der Waals surface area (Å²) < 4.78 is 32.0. The summed E-state index contributed by atoms with van der Waals surface area (Å²) in [4.78, 5) is 0. The van der Waals surface area contributed by atoms with E-state index in [1.807, 2.05) is 31.2 Å². The van der Waals surface area contributed by atoms with E-state index in [0.717, 1.165) is 11.6 Å². The number of hydrogen-bond acceptors (Lipinski definition) is 2. The molecule has 0 heterocycles. The minimum absolute atomic E-state index is 0.0160. The van der Waals surface area contributed by atoms with Crippen molar-refractivity contribution >= 4 is 0 Å². The molecule has 2 aromatic carbocycles. The molecule has 2 nitrogen and oxygen atoms in total. The van der Waals surface area contributed by atoms with Gasteiger partial charge in [0.1, 0.15) is 24.0 Å². The highest BCUT2D eigenvalue weighted by atomic mass is 19.1. The summed E-state index contributed by atoms with van der Waals surface area (Å²) in [5, 5.41) is 0. The molecule has 0 bridgehead atoms. The van der Waals surface area contributed by atoms with Crippen LogP contribution >= 0.6 is 0 Å². The van der Waals surface area contributed by atoms with Crippen LogP contribution in [0.4, 0.5) is 8.78 Å². The first-order chi connectivity index (χ1) is 9.56. The van der Waals surface area contributed by atoms with E-state index in [1.54, 1.807) is 0 Å². The molecule has 0 aliphatic rings. The maximum atomic E-state index is 13.5. The highest BCUT2D eigenvalue weighted by Crippen LogP contribution is 2.21. The summed E-state index contributed by atoms with van der Waals surface area (Å²) >= 11 is 0. The largest absolute Gasteiger partial charge is 0.489 e. The predicted molar refractivity (Wildman–Crippen MR) is 74.5 cm³/mol. The molecule has 0 aliphatic heterocycles. The molecule has 1 unspecified atom stereocenters. The molecule has 0 fully saturated rings. The van der Waals surface area contributed by atoms with Crippen LogP contribution in [-0.2, 0) is 13.0 Å². The minimum atomic E-state index is -0.602. The van der Waals surface area contributed by atoms with Crippen LogP contribution in [-0.4, -0.2) is 6.04 Å². The molecule has 0 radical (unpaired) electrons. The van der Waals surface area contributed by atoms with Gasteiger partial charge in [-0.25, -0.2) is 8.78 Å². The third-order valence-corrected chi connectivity index (χ3v) is 2.91. The lowest BCUT2D eigenvalue weighted by Crippen LogP contribution is -2.18. The first-order valence-electron chi connectivity index (χ1n) is 6.46. The second kappa shape index (κ2) is 6.48. The lowest BCUT2D eigenvalue weighted by Gasteiger charge is -2.13. The van der Waals surface area contributed by atoms with E-state index in [0.29, 0.717) is 17.7 Å². The molecule has 0 saturated carbocycles. The van der Waals surface area contributed by atoms with Crippen molar-refractivity contribution in [3.8, 4) is 5.75 Å². The van der Waals surface area contributed by atoms with Crippen molar-refractivity contribution in [3.05, 3.63) is 65.2 Å². The summed E-state index contributed by atoms with van der Waals surface area (Å²) in [7, 11) is 0. The highest BCUT2D eigenvalue weighted by Gasteiger charge is 2.08. The Bertz CT molecular complexity index is 584. The Morgan fingerprint density at radius 3 is 2.55 bits per heavy atom. The maximum Gasteiger partial charge on any atom is 0.132 e. The van der Waals surface area contributed by atoms with Crippen LogP contribution in [0.15, 0.2) is 42.5 Å². The quantitative estimate of drug-likeness (QED) is 0.908. The van der Waals surface area contributed by atoms with Crippen LogP contribution in [0.2, 0.25) is 0 Å². The standard InChI is InChI=1S/C16H17F2NO/c1-11(19)8-12-4-2-3-5-16(12)20-10-13-6-7-14(17)9-15(13)18/h2-7,9,11H,8,10,19H2,1H3. The second-order valence-electron chi connectivity index (χ2n) is 4.81. The SMILES string of the molecule is CC(N)Cc1ccccc1OCc1ccc(F)cc1F. The number of para-hydroxylation sites is 1. The van der Waals surface area contributed by atoms with Gasteiger partial charge in [-0.1, -0.05) is 18.2 Å². The normalized spacial score (nSPS) is 12.2. The average Bonchev–Trinajstić information content (AvgIpc) is 2.39. The number of halogens is 2. The minimum Gasteiger partial charge on any atom is -0.489 e. The molecule has 2 rings (SSSR count). The lowest BCUT2D eigenvalue weighted by atomic mass is 10.1. The van der Waals surface area contributed by atoms with Crippen LogP contribution in [0.3, 0.4) is 0 Å². The third kappa shape index (κ3) is 3.78. The zero-order valence-corrected chi connectivity index (χ0v) is 11.3. The molecule has 0 aliphatic carbocycles. The molecule has 0 aromatic heterocycles. The predicted octanol–water partition coefficient (Wildman–Crippen LogP) is 3.43. The van der Waals surface area contributed by atoms with E-state index in [9.17, 15) is 8.78 Å². The van der Waals surface area contributed by atoms with Gasteiger partial charge in [0.05, 0.1) is 0 Å². The van der Waals surface area contributed by atoms with Crippen molar-refractivity contribution in [3.63, 3.8) is 0 Å². The van der Waals surface area contributed by atoms with Gasteiger partial charge in [-0.15, -0.1) is 0 Å². The molecular weight excluding hydrogens is 260 g/mol. The van der Waals surface area contributed by atoms with E-state index < -0.39 is 11.6 Å². The molecule has 2 N–H and O–H groups in total. The fourth-order valence-corrected chi connectivity index (χ4v) is 1.95. The van der Waals surface area contributed by atoms with Gasteiger partial charge in [-0.2, -0.15) is 0 Å². The first kappa shape index (κ1) is 14.5. The monoisotopic (exact) mass is 277 g/mol. The Morgan fingerprint density at radius 1 is 1.10 bits per heavy atom. The van der Waals surface area contributed by atoms with Gasteiger partial charge in [0.2, 0.25) is 0 Å². The fourth-order valence-electron chi connectivity index (χ4n) is 1.95. The van der Waals surface area contributed by atoms with E-state index in [4.69, 9.17) is 10.5 Å². The van der Waals surface area contributed by atoms with Gasteiger partial charge in [-0.3, -0.25) is 0 Å². The van der Waals surface area contributed by atoms with Gasteiger partial charge in [0.25, 0.3) is 0 Å². The zero-order chi connectivity index (χ0) is 14.5. The second-order valence-corrected chi connectivity index (χ2v) is 4.81. The van der Waals surface area contributed by atoms with Crippen molar-refractivity contribution in [1.29, 1.82) is 0 Å². The topological polar surface area (TPSA) is 35.2 Å². The third-order valence-electron chi connectivity index (χ3n) is 2.91. The zero-order valence-electron chi connectivity index (χ0n) is 11.3. The smallest absolute Gasteiger partial charge is 0.132 e. The fraction of sp³-hybridized carbons (Fsp3) is 0.250. The molecule has 20 heavy (non-hydrogen) atoms. The van der Waals surface area contributed by atoms with Gasteiger partial charge in [-0.05, 0) is 37.1 Å². The Labute approximate surface area is 117 Å². The van der Waals surface area contributed by atoms with Crippen LogP contribution in [0.1, 0.15) is 18.1 Å². The summed E-state index contributed by atoms with van der Waals surface area (Å²) in [6, 6.07) is 11.0. The van der Waals surface area contributed by atoms with Crippen LogP contribution in [0.25, 0.3) is 0 Å². The van der Waals surface area contributed by atoms with Crippen molar-refractivity contribution in [2.45, 2.75) is 26.0 Å². The van der Waals surface area contributed by atoms with Crippen molar-refractivity contribution in [2.75, 3.05) is 0 Å². The molecule has 0 spiro atoms. The molecule has 106 valence electrons. The van der Waals surface area contributed by atoms with Crippen LogP contribution in [0.5, 0.6) is 5.75 Å². The lowest BCUT2D eigenvalue weighted by molar-refractivity contribution is 0.296. The number of benzene rings is 2. The van der Waals surface area contributed by atoms with Crippen molar-refractivity contribution < 1.29 is 13.5 Å². The van der Waals surface area contributed by atoms with E-state index in [1.165, 1.54) is 12.1 Å².